The van der Waals surface area contributed by atoms with Gasteiger partial charge in [-0.2, -0.15) is 4.31 Å². The number of H-pyrrole nitrogens is 1. The number of nitrogens with zero attached hydrogens (tertiary/aromatic N) is 2. The Morgan fingerprint density at radius 1 is 1.29 bits per heavy atom. The summed E-state index contributed by atoms with van der Waals surface area (Å²) in [5, 5.41) is 0. The monoisotopic (exact) mass is 354 g/mol. The van der Waals surface area contributed by atoms with Gasteiger partial charge >= 0.3 is 0 Å². The van der Waals surface area contributed by atoms with E-state index in [4.69, 9.17) is 5.73 Å². The highest BCUT2D eigenvalue weighted by Gasteiger charge is 2.33. The van der Waals surface area contributed by atoms with Crippen LogP contribution in [0.3, 0.4) is 0 Å². The van der Waals surface area contributed by atoms with Gasteiger partial charge in [0.15, 0.2) is 0 Å². The zero-order valence-corrected chi connectivity index (χ0v) is 14.9. The number of amides is 1. The summed E-state index contributed by atoms with van der Waals surface area (Å²) in [6.45, 7) is 4.35. The van der Waals surface area contributed by atoms with Crippen LogP contribution in [0.5, 0.6) is 0 Å². The quantitative estimate of drug-likeness (QED) is 0.842. The van der Waals surface area contributed by atoms with Crippen LogP contribution < -0.4 is 5.73 Å². The number of likely N-dealkylation sites (tertiary alicyclic amines) is 1. The molecule has 24 heavy (non-hydrogen) atoms. The van der Waals surface area contributed by atoms with E-state index < -0.39 is 10.0 Å². The number of nitrogens with one attached hydrogen (secondary N) is 1. The van der Waals surface area contributed by atoms with Crippen LogP contribution in [-0.4, -0.2) is 60.7 Å². The molecule has 3 rings (SSSR count). The van der Waals surface area contributed by atoms with Crippen molar-refractivity contribution in [1.82, 2.24) is 14.2 Å². The number of carbonyl (C=O) groups excluding carboxylic acids is 1. The maximum absolute atomic E-state index is 12.9. The molecule has 0 spiro atoms. The molecule has 2 fully saturated rings. The average Bonchev–Trinajstić information content (AvgIpc) is 3.26. The predicted molar refractivity (Wildman–Crippen MR) is 91.1 cm³/mol. The molecule has 2 atom stereocenters. The van der Waals surface area contributed by atoms with Gasteiger partial charge in [-0.3, -0.25) is 4.79 Å². The number of rotatable bonds is 4. The highest BCUT2D eigenvalue weighted by atomic mass is 32.2. The van der Waals surface area contributed by atoms with Crippen LogP contribution in [0.15, 0.2) is 17.2 Å². The van der Waals surface area contributed by atoms with Gasteiger partial charge in [-0.1, -0.05) is 0 Å². The Kier molecular flexibility index (Phi) is 4.98. The molecule has 1 amide bonds. The van der Waals surface area contributed by atoms with E-state index in [9.17, 15) is 13.2 Å². The second-order valence-electron chi connectivity index (χ2n) is 6.87. The number of nitrogens with two attached hydrogens (primary N) is 1. The molecule has 2 saturated heterocycles. The molecule has 3 N–H and O–H groups in total. The van der Waals surface area contributed by atoms with Crippen LogP contribution >= 0.6 is 0 Å². The van der Waals surface area contributed by atoms with E-state index in [1.54, 1.807) is 4.90 Å². The number of hydrogen-bond donors (Lipinski definition) is 2. The summed E-state index contributed by atoms with van der Waals surface area (Å²) in [7, 11) is -3.59. The maximum atomic E-state index is 12.9. The van der Waals surface area contributed by atoms with Crippen molar-refractivity contribution in [3.8, 4) is 0 Å². The first kappa shape index (κ1) is 17.4. The third kappa shape index (κ3) is 3.36. The van der Waals surface area contributed by atoms with Gasteiger partial charge in [0, 0.05) is 38.4 Å². The zero-order chi connectivity index (χ0) is 17.3. The van der Waals surface area contributed by atoms with Crippen molar-refractivity contribution in [2.75, 3.05) is 26.2 Å². The number of sulfonamides is 1. The van der Waals surface area contributed by atoms with Gasteiger partial charge in [-0.05, 0) is 44.6 Å². The summed E-state index contributed by atoms with van der Waals surface area (Å²) in [5.41, 5.74) is 6.29. The predicted octanol–water partition coefficient (Wildman–Crippen LogP) is 0.999. The lowest BCUT2D eigenvalue weighted by Gasteiger charge is -2.33. The van der Waals surface area contributed by atoms with E-state index in [0.29, 0.717) is 18.8 Å². The second-order valence-corrected chi connectivity index (χ2v) is 8.81. The van der Waals surface area contributed by atoms with Crippen molar-refractivity contribution in [2.24, 2.45) is 11.7 Å². The Morgan fingerprint density at radius 2 is 2.00 bits per heavy atom. The number of aromatic amines is 1. The number of hydrogen-bond acceptors (Lipinski definition) is 4. The Hall–Kier alpha value is -1.38. The van der Waals surface area contributed by atoms with Gasteiger partial charge in [-0.15, -0.1) is 0 Å². The average molecular weight is 354 g/mol. The van der Waals surface area contributed by atoms with Gasteiger partial charge in [-0.25, -0.2) is 8.42 Å². The van der Waals surface area contributed by atoms with Crippen LogP contribution in [0.1, 0.15) is 43.1 Å². The molecule has 0 aliphatic carbocycles. The topological polar surface area (TPSA) is 99.5 Å². The molecule has 0 aromatic carbocycles. The van der Waals surface area contributed by atoms with E-state index in [-0.39, 0.29) is 22.8 Å². The van der Waals surface area contributed by atoms with Crippen LogP contribution in [-0.2, 0) is 10.0 Å². The maximum Gasteiger partial charge on any atom is 0.270 e. The largest absolute Gasteiger partial charge is 0.356 e. The summed E-state index contributed by atoms with van der Waals surface area (Å²) < 4.78 is 27.2. The minimum absolute atomic E-state index is 0.0264. The summed E-state index contributed by atoms with van der Waals surface area (Å²) >= 11 is 0. The first-order valence-corrected chi connectivity index (χ1v) is 10.1. The van der Waals surface area contributed by atoms with Crippen molar-refractivity contribution < 1.29 is 13.2 Å². The lowest BCUT2D eigenvalue weighted by atomic mass is 9.93. The van der Waals surface area contributed by atoms with Gasteiger partial charge in [0.25, 0.3) is 5.91 Å². The van der Waals surface area contributed by atoms with Crippen LogP contribution in [0.4, 0.5) is 0 Å². The molecule has 2 aliphatic heterocycles. The fourth-order valence-corrected chi connectivity index (χ4v) is 5.04. The smallest absolute Gasteiger partial charge is 0.270 e. The summed E-state index contributed by atoms with van der Waals surface area (Å²) in [4.78, 5) is 17.1. The minimum atomic E-state index is -3.59. The minimum Gasteiger partial charge on any atom is -0.356 e. The van der Waals surface area contributed by atoms with Gasteiger partial charge < -0.3 is 15.6 Å². The summed E-state index contributed by atoms with van der Waals surface area (Å²) in [5.74, 6) is 0.0548. The number of aromatic nitrogens is 1. The molecule has 0 radical (unpaired) electrons. The van der Waals surface area contributed by atoms with E-state index in [2.05, 4.69) is 4.98 Å². The molecule has 1 aromatic heterocycles. The van der Waals surface area contributed by atoms with Crippen molar-refractivity contribution in [1.29, 1.82) is 0 Å². The van der Waals surface area contributed by atoms with Gasteiger partial charge in [0.05, 0.1) is 0 Å². The summed E-state index contributed by atoms with van der Waals surface area (Å²) in [6.07, 6.45) is 5.20. The van der Waals surface area contributed by atoms with Crippen LogP contribution in [0.25, 0.3) is 0 Å². The standard InChI is InChI=1S/C16H26N4O3S/c1-12(17)13-5-4-8-20(11-13)24(22,23)14-9-15(18-10-14)16(21)19-6-2-3-7-19/h9-10,12-13,18H,2-8,11,17H2,1H3. The van der Waals surface area contributed by atoms with Gasteiger partial charge in [0.2, 0.25) is 10.0 Å². The summed E-state index contributed by atoms with van der Waals surface area (Å²) in [6, 6.07) is 1.44. The molecule has 2 unspecified atom stereocenters. The van der Waals surface area contributed by atoms with Gasteiger partial charge in [0.1, 0.15) is 10.6 Å². The highest BCUT2D eigenvalue weighted by molar-refractivity contribution is 7.89. The Morgan fingerprint density at radius 3 is 2.67 bits per heavy atom. The molecule has 8 heteroatoms. The number of carbonyl (C=O) groups is 1. The first-order chi connectivity index (χ1) is 11.4. The van der Waals surface area contributed by atoms with Crippen molar-refractivity contribution >= 4 is 15.9 Å². The molecular weight excluding hydrogens is 328 g/mol. The zero-order valence-electron chi connectivity index (χ0n) is 14.1. The molecule has 0 saturated carbocycles. The molecule has 2 aliphatic rings. The lowest BCUT2D eigenvalue weighted by molar-refractivity contribution is 0.0787. The fraction of sp³-hybridized carbons (Fsp3) is 0.688. The first-order valence-electron chi connectivity index (χ1n) is 8.63. The van der Waals surface area contributed by atoms with E-state index in [1.165, 1.54) is 16.6 Å². The van der Waals surface area contributed by atoms with Crippen molar-refractivity contribution in [3.63, 3.8) is 0 Å². The van der Waals surface area contributed by atoms with Crippen LogP contribution in [0, 0.1) is 5.92 Å². The Labute approximate surface area is 143 Å². The lowest BCUT2D eigenvalue weighted by Crippen LogP contribution is -2.44. The normalized spacial score (nSPS) is 24.2. The van der Waals surface area contributed by atoms with E-state index in [1.807, 2.05) is 6.92 Å². The highest BCUT2D eigenvalue weighted by Crippen LogP contribution is 2.26. The molecular formula is C16H26N4O3S. The SMILES string of the molecule is CC(N)C1CCCN(S(=O)(=O)c2c[nH]c(C(=O)N3CCCC3)c2)C1. The molecule has 0 bridgehead atoms. The van der Waals surface area contributed by atoms with E-state index >= 15 is 0 Å². The molecule has 7 nitrogen and oxygen atoms in total. The number of piperidine rings is 1. The van der Waals surface area contributed by atoms with Crippen molar-refractivity contribution in [3.05, 3.63) is 18.0 Å². The Bertz CT molecular complexity index is 692. The fourth-order valence-electron chi connectivity index (χ4n) is 3.51. The molecule has 3 heterocycles. The Balaban J connectivity index is 1.76. The molecule has 1 aromatic rings. The van der Waals surface area contributed by atoms with Crippen molar-refractivity contribution in [2.45, 2.75) is 43.5 Å². The van der Waals surface area contributed by atoms with Crippen LogP contribution in [0.2, 0.25) is 0 Å². The van der Waals surface area contributed by atoms with E-state index in [0.717, 1.165) is 38.8 Å². The molecule has 134 valence electrons. The third-order valence-corrected chi connectivity index (χ3v) is 6.93. The third-order valence-electron chi connectivity index (χ3n) is 5.08. The second kappa shape index (κ2) is 6.85.